The number of phenolic OH excluding ortho intramolecular Hbond substituents is 1. The van der Waals surface area contributed by atoms with Gasteiger partial charge < -0.3 is 16.2 Å². The van der Waals surface area contributed by atoms with Crippen molar-refractivity contribution in [2.45, 2.75) is 6.92 Å². The van der Waals surface area contributed by atoms with E-state index in [1.54, 1.807) is 18.2 Å². The zero-order valence-electron chi connectivity index (χ0n) is 8.82. The minimum Gasteiger partial charge on any atom is -0.506 e. The van der Waals surface area contributed by atoms with Gasteiger partial charge in [0.2, 0.25) is 5.91 Å². The topological polar surface area (TPSA) is 75.4 Å². The molecule has 2 rings (SSSR count). The summed E-state index contributed by atoms with van der Waals surface area (Å²) in [5.74, 6) is -0.0501. The van der Waals surface area contributed by atoms with Gasteiger partial charge in [0.15, 0.2) is 0 Å². The fraction of sp³-hybridized carbons (Fsp3) is 0.0833. The molecule has 0 spiro atoms. The van der Waals surface area contributed by atoms with Gasteiger partial charge in [-0.25, -0.2) is 0 Å². The van der Waals surface area contributed by atoms with Crippen LogP contribution in [0.1, 0.15) is 6.92 Å². The van der Waals surface area contributed by atoms with Crippen LogP contribution in [0, 0.1) is 0 Å². The van der Waals surface area contributed by atoms with E-state index in [4.69, 9.17) is 5.73 Å². The third-order valence-corrected chi connectivity index (χ3v) is 2.36. The zero-order chi connectivity index (χ0) is 11.7. The normalized spacial score (nSPS) is 10.3. The minimum absolute atomic E-state index is 0.0692. The minimum atomic E-state index is -0.119. The highest BCUT2D eigenvalue weighted by Gasteiger charge is 2.04. The number of amides is 1. The Labute approximate surface area is 92.7 Å². The van der Waals surface area contributed by atoms with Gasteiger partial charge in [-0.15, -0.1) is 0 Å². The molecule has 0 heterocycles. The van der Waals surface area contributed by atoms with E-state index < -0.39 is 0 Å². The van der Waals surface area contributed by atoms with Crippen molar-refractivity contribution in [1.82, 2.24) is 0 Å². The van der Waals surface area contributed by atoms with E-state index in [0.717, 1.165) is 10.8 Å². The first kappa shape index (κ1) is 10.3. The summed E-state index contributed by atoms with van der Waals surface area (Å²) in [6.07, 6.45) is 0. The molecule has 4 nitrogen and oxygen atoms in total. The summed E-state index contributed by atoms with van der Waals surface area (Å²) in [7, 11) is 0. The summed E-state index contributed by atoms with van der Waals surface area (Å²) in [5.41, 5.74) is 6.80. The van der Waals surface area contributed by atoms with E-state index in [1.807, 2.05) is 6.07 Å². The third-order valence-electron chi connectivity index (χ3n) is 2.36. The number of nitrogens with one attached hydrogen (secondary N) is 1. The van der Waals surface area contributed by atoms with E-state index in [9.17, 15) is 9.90 Å². The fourth-order valence-electron chi connectivity index (χ4n) is 1.62. The van der Waals surface area contributed by atoms with Crippen molar-refractivity contribution in [3.63, 3.8) is 0 Å². The van der Waals surface area contributed by atoms with E-state index in [0.29, 0.717) is 11.4 Å². The van der Waals surface area contributed by atoms with Crippen LogP contribution in [0.3, 0.4) is 0 Å². The Balaban J connectivity index is 2.56. The molecule has 16 heavy (non-hydrogen) atoms. The predicted molar refractivity (Wildman–Crippen MR) is 64.3 cm³/mol. The molecule has 0 radical (unpaired) electrons. The molecular weight excluding hydrogens is 204 g/mol. The Hall–Kier alpha value is -2.23. The van der Waals surface area contributed by atoms with Crippen LogP contribution < -0.4 is 11.1 Å². The average molecular weight is 216 g/mol. The van der Waals surface area contributed by atoms with Gasteiger partial charge in [0.1, 0.15) is 5.75 Å². The van der Waals surface area contributed by atoms with Crippen LogP contribution >= 0.6 is 0 Å². The molecule has 4 N–H and O–H groups in total. The number of carbonyl (C=O) groups is 1. The number of benzene rings is 2. The van der Waals surface area contributed by atoms with Crippen LogP contribution in [-0.2, 0) is 4.79 Å². The van der Waals surface area contributed by atoms with Gasteiger partial charge >= 0.3 is 0 Å². The molecular formula is C12H12N2O2. The van der Waals surface area contributed by atoms with Crippen LogP contribution in [-0.4, -0.2) is 11.0 Å². The molecule has 0 fully saturated rings. The molecule has 0 atom stereocenters. The molecule has 0 unspecified atom stereocenters. The van der Waals surface area contributed by atoms with Gasteiger partial charge in [-0.2, -0.15) is 0 Å². The first-order chi connectivity index (χ1) is 7.58. The van der Waals surface area contributed by atoms with Crippen molar-refractivity contribution >= 4 is 28.1 Å². The SMILES string of the molecule is CC(=O)Nc1ccc2c(N)c(O)ccc2c1. The summed E-state index contributed by atoms with van der Waals surface area (Å²) in [6, 6.07) is 8.63. The van der Waals surface area contributed by atoms with Crippen LogP contribution in [0.5, 0.6) is 5.75 Å². The standard InChI is InChI=1S/C12H12N2O2/c1-7(15)14-9-3-4-10-8(6-9)2-5-11(16)12(10)13/h2-6,16H,13H2,1H3,(H,14,15). The average Bonchev–Trinajstić information content (AvgIpc) is 2.23. The van der Waals surface area contributed by atoms with Crippen LogP contribution in [0.25, 0.3) is 10.8 Å². The summed E-state index contributed by atoms with van der Waals surface area (Å²) in [4.78, 5) is 10.9. The number of anilines is 2. The quantitative estimate of drug-likeness (QED) is 0.504. The van der Waals surface area contributed by atoms with Gasteiger partial charge in [0.05, 0.1) is 5.69 Å². The van der Waals surface area contributed by atoms with Crippen molar-refractivity contribution in [1.29, 1.82) is 0 Å². The van der Waals surface area contributed by atoms with Crippen molar-refractivity contribution in [2.24, 2.45) is 0 Å². The smallest absolute Gasteiger partial charge is 0.221 e. The number of nitrogens with two attached hydrogens (primary N) is 1. The number of aromatic hydroxyl groups is 1. The summed E-state index contributed by atoms with van der Waals surface area (Å²) >= 11 is 0. The number of nitrogen functional groups attached to an aromatic ring is 1. The fourth-order valence-corrected chi connectivity index (χ4v) is 1.62. The van der Waals surface area contributed by atoms with E-state index in [-0.39, 0.29) is 11.7 Å². The molecule has 1 amide bonds. The van der Waals surface area contributed by atoms with Crippen LogP contribution in [0.15, 0.2) is 30.3 Å². The molecule has 0 saturated heterocycles. The molecule has 2 aromatic rings. The Morgan fingerprint density at radius 1 is 1.31 bits per heavy atom. The molecule has 0 aliphatic rings. The lowest BCUT2D eigenvalue weighted by atomic mass is 10.1. The summed E-state index contributed by atoms with van der Waals surface area (Å²) in [5, 5.41) is 13.8. The number of rotatable bonds is 1. The maximum atomic E-state index is 10.9. The maximum Gasteiger partial charge on any atom is 0.221 e. The molecule has 0 bridgehead atoms. The van der Waals surface area contributed by atoms with Gasteiger partial charge in [-0.05, 0) is 23.6 Å². The molecule has 2 aromatic carbocycles. The second-order valence-electron chi connectivity index (χ2n) is 3.62. The van der Waals surface area contributed by atoms with Gasteiger partial charge in [-0.1, -0.05) is 12.1 Å². The lowest BCUT2D eigenvalue weighted by Gasteiger charge is -2.07. The number of phenols is 1. The van der Waals surface area contributed by atoms with Crippen molar-refractivity contribution in [3.8, 4) is 5.75 Å². The molecule has 82 valence electrons. The van der Waals surface area contributed by atoms with Crippen molar-refractivity contribution in [2.75, 3.05) is 11.1 Å². The highest BCUT2D eigenvalue weighted by molar-refractivity contribution is 5.99. The van der Waals surface area contributed by atoms with Crippen LogP contribution in [0.2, 0.25) is 0 Å². The maximum absolute atomic E-state index is 10.9. The first-order valence-corrected chi connectivity index (χ1v) is 4.87. The first-order valence-electron chi connectivity index (χ1n) is 4.87. The molecule has 0 saturated carbocycles. The lowest BCUT2D eigenvalue weighted by Crippen LogP contribution is -2.05. The number of hydrogen-bond acceptors (Lipinski definition) is 3. The monoisotopic (exact) mass is 216 g/mol. The highest BCUT2D eigenvalue weighted by Crippen LogP contribution is 2.30. The molecule has 0 aliphatic carbocycles. The van der Waals surface area contributed by atoms with E-state index >= 15 is 0 Å². The highest BCUT2D eigenvalue weighted by atomic mass is 16.3. The summed E-state index contributed by atoms with van der Waals surface area (Å²) < 4.78 is 0. The van der Waals surface area contributed by atoms with Crippen molar-refractivity contribution < 1.29 is 9.90 Å². The zero-order valence-corrected chi connectivity index (χ0v) is 8.82. The van der Waals surface area contributed by atoms with E-state index in [1.165, 1.54) is 13.0 Å². The second kappa shape index (κ2) is 3.73. The Bertz CT molecular complexity index is 564. The Morgan fingerprint density at radius 3 is 2.75 bits per heavy atom. The number of carbonyl (C=O) groups excluding carboxylic acids is 1. The lowest BCUT2D eigenvalue weighted by molar-refractivity contribution is -0.114. The third kappa shape index (κ3) is 1.77. The Kier molecular flexibility index (Phi) is 2.40. The number of hydrogen-bond donors (Lipinski definition) is 3. The van der Waals surface area contributed by atoms with Crippen molar-refractivity contribution in [3.05, 3.63) is 30.3 Å². The van der Waals surface area contributed by atoms with Gasteiger partial charge in [0, 0.05) is 18.0 Å². The molecule has 4 heteroatoms. The second-order valence-corrected chi connectivity index (χ2v) is 3.62. The van der Waals surface area contributed by atoms with E-state index in [2.05, 4.69) is 5.32 Å². The van der Waals surface area contributed by atoms with Crippen LogP contribution in [0.4, 0.5) is 11.4 Å². The van der Waals surface area contributed by atoms with Gasteiger partial charge in [-0.3, -0.25) is 4.79 Å². The largest absolute Gasteiger partial charge is 0.506 e. The summed E-state index contributed by atoms with van der Waals surface area (Å²) in [6.45, 7) is 1.45. The number of fused-ring (bicyclic) bond motifs is 1. The Morgan fingerprint density at radius 2 is 2.06 bits per heavy atom. The predicted octanol–water partition coefficient (Wildman–Crippen LogP) is 2.09. The molecule has 0 aliphatic heterocycles. The van der Waals surface area contributed by atoms with Gasteiger partial charge in [0.25, 0.3) is 0 Å². The molecule has 0 aromatic heterocycles.